The van der Waals surface area contributed by atoms with Crippen LogP contribution in [0.3, 0.4) is 0 Å². The molecule has 1 amide bonds. The zero-order chi connectivity index (χ0) is 29.8. The van der Waals surface area contributed by atoms with Gasteiger partial charge in [-0.3, -0.25) is 4.79 Å². The lowest BCUT2D eigenvalue weighted by Crippen LogP contribution is -2.40. The minimum Gasteiger partial charge on any atom is -0.475 e. The molecule has 0 atom stereocenters. The Kier molecular flexibility index (Phi) is 9.79. The van der Waals surface area contributed by atoms with Crippen LogP contribution in [0, 0.1) is 13.8 Å². The number of aryl methyl sites for hydroxylation is 2. The summed E-state index contributed by atoms with van der Waals surface area (Å²) in [7, 11) is 0. The SMILES string of the molecule is Cc1cnc(NC2CCC(NC(=O)c3cc(C(F)(F)F)cc(C(F)(F)F)c3)CC2)nc1C.O=C(O)C(F)(F)F. The molecule has 2 aromatic rings. The molecule has 16 heteroatoms. The van der Waals surface area contributed by atoms with Gasteiger partial charge in [0.05, 0.1) is 11.1 Å². The van der Waals surface area contributed by atoms with Crippen LogP contribution in [0.25, 0.3) is 0 Å². The number of nitrogens with one attached hydrogen (secondary N) is 2. The molecule has 0 saturated heterocycles. The van der Waals surface area contributed by atoms with Gasteiger partial charge < -0.3 is 15.7 Å². The normalized spacial score (nSPS) is 18.0. The molecule has 0 radical (unpaired) electrons. The number of aromatic nitrogens is 2. The Morgan fingerprint density at radius 2 is 1.31 bits per heavy atom. The molecule has 1 aliphatic rings. The highest BCUT2D eigenvalue weighted by Crippen LogP contribution is 2.36. The topological polar surface area (TPSA) is 104 Å². The first-order valence-corrected chi connectivity index (χ1v) is 11.2. The third kappa shape index (κ3) is 9.58. The fourth-order valence-electron chi connectivity index (χ4n) is 3.52. The molecule has 1 aromatic carbocycles. The van der Waals surface area contributed by atoms with Crippen molar-refractivity contribution in [1.82, 2.24) is 15.3 Å². The highest BCUT2D eigenvalue weighted by atomic mass is 19.4. The van der Waals surface area contributed by atoms with Crippen LogP contribution in [0.5, 0.6) is 0 Å². The average Bonchev–Trinajstić information content (AvgIpc) is 2.81. The molecule has 0 unspecified atom stereocenters. The van der Waals surface area contributed by atoms with Crippen molar-refractivity contribution in [2.75, 3.05) is 5.32 Å². The van der Waals surface area contributed by atoms with Crippen molar-refractivity contribution in [3.05, 3.63) is 52.3 Å². The van der Waals surface area contributed by atoms with Crippen LogP contribution in [0.4, 0.5) is 45.5 Å². The van der Waals surface area contributed by atoms with Crippen LogP contribution < -0.4 is 10.6 Å². The number of carboxylic acid groups (broad SMARTS) is 1. The fourth-order valence-corrected chi connectivity index (χ4v) is 3.52. The Labute approximate surface area is 215 Å². The summed E-state index contributed by atoms with van der Waals surface area (Å²) in [6, 6.07) is 0.576. The van der Waals surface area contributed by atoms with Crippen LogP contribution in [0.1, 0.15) is 58.4 Å². The predicted molar refractivity (Wildman–Crippen MR) is 119 cm³/mol. The molecule has 216 valence electrons. The molecule has 1 saturated carbocycles. The first-order valence-electron chi connectivity index (χ1n) is 11.2. The summed E-state index contributed by atoms with van der Waals surface area (Å²) < 4.78 is 110. The third-order valence-electron chi connectivity index (χ3n) is 5.71. The number of carboxylic acids is 1. The molecular weight excluding hydrogens is 551 g/mol. The van der Waals surface area contributed by atoms with Gasteiger partial charge in [-0.2, -0.15) is 39.5 Å². The summed E-state index contributed by atoms with van der Waals surface area (Å²) in [5.41, 5.74) is -1.89. The highest BCUT2D eigenvalue weighted by Gasteiger charge is 2.39. The van der Waals surface area contributed by atoms with E-state index in [1.807, 2.05) is 13.8 Å². The molecule has 1 aromatic heterocycles. The number of nitrogens with zero attached hydrogens (tertiary/aromatic N) is 2. The van der Waals surface area contributed by atoms with Crippen molar-refractivity contribution in [2.45, 2.75) is 70.1 Å². The first kappa shape index (κ1) is 31.6. The summed E-state index contributed by atoms with van der Waals surface area (Å²) in [4.78, 5) is 29.9. The number of carbonyl (C=O) groups excluding carboxylic acids is 1. The van der Waals surface area contributed by atoms with Crippen molar-refractivity contribution >= 4 is 17.8 Å². The summed E-state index contributed by atoms with van der Waals surface area (Å²) >= 11 is 0. The third-order valence-corrected chi connectivity index (χ3v) is 5.71. The smallest absolute Gasteiger partial charge is 0.475 e. The van der Waals surface area contributed by atoms with Gasteiger partial charge in [0.1, 0.15) is 0 Å². The minimum atomic E-state index is -5.08. The predicted octanol–water partition coefficient (Wildman–Crippen LogP) is 5.92. The Bertz CT molecular complexity index is 1140. The van der Waals surface area contributed by atoms with Crippen LogP contribution in [0.2, 0.25) is 0 Å². The van der Waals surface area contributed by atoms with E-state index in [2.05, 4.69) is 20.6 Å². The number of rotatable bonds is 4. The molecular formula is C23H23F9N4O3. The number of halogens is 9. The minimum absolute atomic E-state index is 0.00250. The van der Waals surface area contributed by atoms with E-state index < -0.39 is 47.1 Å². The molecule has 0 spiro atoms. The van der Waals surface area contributed by atoms with E-state index in [9.17, 15) is 44.3 Å². The Balaban J connectivity index is 0.000000673. The van der Waals surface area contributed by atoms with Crippen LogP contribution >= 0.6 is 0 Å². The number of benzene rings is 1. The molecule has 1 aliphatic carbocycles. The van der Waals surface area contributed by atoms with Gasteiger partial charge in [-0.1, -0.05) is 0 Å². The number of alkyl halides is 9. The summed E-state index contributed by atoms with van der Waals surface area (Å²) in [6.07, 6.45) is -11.1. The van der Waals surface area contributed by atoms with Crippen LogP contribution in [-0.4, -0.2) is 45.2 Å². The van der Waals surface area contributed by atoms with Crippen molar-refractivity contribution in [3.8, 4) is 0 Å². The molecule has 0 aliphatic heterocycles. The van der Waals surface area contributed by atoms with Gasteiger partial charge in [0.2, 0.25) is 5.95 Å². The average molecular weight is 574 g/mol. The van der Waals surface area contributed by atoms with E-state index in [1.54, 1.807) is 6.20 Å². The van der Waals surface area contributed by atoms with Gasteiger partial charge in [-0.25, -0.2) is 14.8 Å². The quantitative estimate of drug-likeness (QED) is 0.392. The Morgan fingerprint density at radius 1 is 0.846 bits per heavy atom. The molecule has 39 heavy (non-hydrogen) atoms. The van der Waals surface area contributed by atoms with E-state index >= 15 is 0 Å². The van der Waals surface area contributed by atoms with Gasteiger partial charge in [-0.05, 0) is 63.3 Å². The molecule has 0 bridgehead atoms. The molecule has 1 heterocycles. The number of hydrogen-bond donors (Lipinski definition) is 3. The number of carbonyl (C=O) groups is 2. The Hall–Kier alpha value is -3.59. The monoisotopic (exact) mass is 574 g/mol. The van der Waals surface area contributed by atoms with Gasteiger partial charge >= 0.3 is 24.5 Å². The summed E-state index contributed by atoms with van der Waals surface area (Å²) in [5.74, 6) is -3.23. The number of hydrogen-bond acceptors (Lipinski definition) is 5. The second kappa shape index (κ2) is 12.1. The van der Waals surface area contributed by atoms with Crippen molar-refractivity contribution < 1.29 is 54.2 Å². The second-order valence-electron chi connectivity index (χ2n) is 8.73. The van der Waals surface area contributed by atoms with Crippen molar-refractivity contribution in [2.24, 2.45) is 0 Å². The number of anilines is 1. The van der Waals surface area contributed by atoms with E-state index in [4.69, 9.17) is 9.90 Å². The largest absolute Gasteiger partial charge is 0.490 e. The number of aliphatic carboxylic acids is 1. The molecule has 1 fully saturated rings. The molecule has 7 nitrogen and oxygen atoms in total. The number of amides is 1. The summed E-state index contributed by atoms with van der Waals surface area (Å²) in [6.45, 7) is 3.77. The standard InChI is InChI=1S/C21H22F6N4O.C2HF3O2/c1-11-10-28-19(29-12(11)2)31-17-5-3-16(4-6-17)30-18(32)13-7-14(20(22,23)24)9-15(8-13)21(25,26)27;3-2(4,5)1(6)7/h7-10,16-17H,3-6H2,1-2H3,(H,30,32)(H,28,29,31);(H,6,7). The van der Waals surface area contributed by atoms with E-state index in [0.717, 1.165) is 11.3 Å². The maximum absolute atomic E-state index is 13.0. The van der Waals surface area contributed by atoms with Crippen LogP contribution in [0.15, 0.2) is 24.4 Å². The van der Waals surface area contributed by atoms with Crippen molar-refractivity contribution in [1.29, 1.82) is 0 Å². The van der Waals surface area contributed by atoms with Crippen molar-refractivity contribution in [3.63, 3.8) is 0 Å². The van der Waals surface area contributed by atoms with Gasteiger partial charge in [-0.15, -0.1) is 0 Å². The van der Waals surface area contributed by atoms with E-state index in [1.165, 1.54) is 0 Å². The first-order chi connectivity index (χ1) is 17.8. The highest BCUT2D eigenvalue weighted by molar-refractivity contribution is 5.94. The molecule has 3 N–H and O–H groups in total. The van der Waals surface area contributed by atoms with Crippen LogP contribution in [-0.2, 0) is 17.1 Å². The van der Waals surface area contributed by atoms with Gasteiger partial charge in [0, 0.05) is 29.5 Å². The molecule has 3 rings (SSSR count). The van der Waals surface area contributed by atoms with Gasteiger partial charge in [0.15, 0.2) is 0 Å². The van der Waals surface area contributed by atoms with E-state index in [0.29, 0.717) is 43.8 Å². The summed E-state index contributed by atoms with van der Waals surface area (Å²) in [5, 5.41) is 12.9. The maximum atomic E-state index is 13.0. The van der Waals surface area contributed by atoms with Gasteiger partial charge in [0.25, 0.3) is 5.91 Å². The zero-order valence-electron chi connectivity index (χ0n) is 20.4. The maximum Gasteiger partial charge on any atom is 0.490 e. The lowest BCUT2D eigenvalue weighted by molar-refractivity contribution is -0.192. The van der Waals surface area contributed by atoms with E-state index in [-0.39, 0.29) is 18.2 Å². The fraction of sp³-hybridized carbons (Fsp3) is 0.478. The zero-order valence-corrected chi connectivity index (χ0v) is 20.4. The lowest BCUT2D eigenvalue weighted by Gasteiger charge is -2.30. The Morgan fingerprint density at radius 3 is 1.72 bits per heavy atom. The second-order valence-corrected chi connectivity index (χ2v) is 8.73. The lowest BCUT2D eigenvalue weighted by atomic mass is 9.91.